The van der Waals surface area contributed by atoms with Crippen molar-refractivity contribution in [2.45, 2.75) is 6.42 Å². The highest BCUT2D eigenvalue weighted by Crippen LogP contribution is 2.21. The van der Waals surface area contributed by atoms with Crippen LogP contribution in [0.15, 0.2) is 40.5 Å². The molecule has 0 heterocycles. The van der Waals surface area contributed by atoms with Gasteiger partial charge in [-0.25, -0.2) is 0 Å². The van der Waals surface area contributed by atoms with Crippen LogP contribution in [0.5, 0.6) is 0 Å². The first-order valence-electron chi connectivity index (χ1n) is 4.38. The summed E-state index contributed by atoms with van der Waals surface area (Å²) in [5, 5.41) is 32.9. The second-order valence-electron chi connectivity index (χ2n) is 2.93. The lowest BCUT2D eigenvalue weighted by atomic mass is 9.95. The van der Waals surface area contributed by atoms with Crippen LogP contribution in [0.3, 0.4) is 0 Å². The van der Waals surface area contributed by atoms with Gasteiger partial charge in [0.05, 0.1) is 0 Å². The monoisotopic (exact) mass is 206 g/mol. The third-order valence-corrected chi connectivity index (χ3v) is 2.08. The van der Waals surface area contributed by atoms with Crippen LogP contribution >= 0.6 is 0 Å². The summed E-state index contributed by atoms with van der Waals surface area (Å²) in [6.45, 7) is 0. The molecule has 0 atom stereocenters. The summed E-state index contributed by atoms with van der Waals surface area (Å²) < 4.78 is 0. The fourth-order valence-electron chi connectivity index (χ4n) is 1.25. The van der Waals surface area contributed by atoms with Gasteiger partial charge in [0, 0.05) is 0 Å². The zero-order valence-electron chi connectivity index (χ0n) is 8.28. The molecule has 16 heavy (non-hydrogen) atoms. The molecule has 1 N–H and O–H groups in total. The topological polar surface area (TPSA) is 95.2 Å². The van der Waals surface area contributed by atoms with Gasteiger partial charge in [0.25, 0.3) is 0 Å². The SMILES string of the molecule is N#CC(=C=N)C1=CCC(=C(C#N)C#N)C=C1. The molecule has 74 valence electrons. The van der Waals surface area contributed by atoms with Gasteiger partial charge < -0.3 is 0 Å². The van der Waals surface area contributed by atoms with E-state index in [1.165, 1.54) is 0 Å². The smallest absolute Gasteiger partial charge is 0.133 e. The van der Waals surface area contributed by atoms with E-state index in [1.807, 2.05) is 24.1 Å². The van der Waals surface area contributed by atoms with Gasteiger partial charge >= 0.3 is 0 Å². The van der Waals surface area contributed by atoms with Gasteiger partial charge in [0.15, 0.2) is 0 Å². The molecule has 0 spiro atoms. The first kappa shape index (κ1) is 11.2. The zero-order valence-corrected chi connectivity index (χ0v) is 8.28. The molecule has 0 aliphatic heterocycles. The highest BCUT2D eigenvalue weighted by atomic mass is 14.3. The summed E-state index contributed by atoms with van der Waals surface area (Å²) in [5.74, 6) is 2.03. The van der Waals surface area contributed by atoms with E-state index in [9.17, 15) is 0 Å². The van der Waals surface area contributed by atoms with Gasteiger partial charge in [-0.3, -0.25) is 5.41 Å². The summed E-state index contributed by atoms with van der Waals surface area (Å²) in [7, 11) is 0. The van der Waals surface area contributed by atoms with Gasteiger partial charge in [0.2, 0.25) is 0 Å². The molecule has 4 heteroatoms. The summed E-state index contributed by atoms with van der Waals surface area (Å²) in [6.07, 6.45) is 5.33. The van der Waals surface area contributed by atoms with E-state index in [0.29, 0.717) is 17.6 Å². The van der Waals surface area contributed by atoms with Crippen molar-refractivity contribution in [3.8, 4) is 18.2 Å². The molecule has 0 bridgehead atoms. The quantitative estimate of drug-likeness (QED) is 0.524. The highest BCUT2D eigenvalue weighted by molar-refractivity contribution is 5.71. The Kier molecular flexibility index (Phi) is 3.59. The molecule has 4 nitrogen and oxygen atoms in total. The summed E-state index contributed by atoms with van der Waals surface area (Å²) in [5.41, 5.74) is 1.43. The van der Waals surface area contributed by atoms with Crippen LogP contribution < -0.4 is 0 Å². The number of allylic oxidation sites excluding steroid dienone is 7. The number of hydrogen-bond acceptors (Lipinski definition) is 4. The molecule has 0 saturated heterocycles. The normalized spacial score (nSPS) is 12.6. The molecule has 0 unspecified atom stereocenters. The van der Waals surface area contributed by atoms with Gasteiger partial charge in [0.1, 0.15) is 29.4 Å². The predicted molar refractivity (Wildman–Crippen MR) is 56.9 cm³/mol. The molecule has 0 aromatic carbocycles. The molecule has 1 aliphatic rings. The number of nitriles is 3. The summed E-state index contributed by atoms with van der Waals surface area (Å²) in [4.78, 5) is 0. The van der Waals surface area contributed by atoms with Crippen LogP contribution in [0.25, 0.3) is 0 Å². The fraction of sp³-hybridized carbons (Fsp3) is 0.0833. The minimum absolute atomic E-state index is 0.0730. The van der Waals surface area contributed by atoms with Gasteiger partial charge in [-0.2, -0.15) is 15.8 Å². The zero-order chi connectivity index (χ0) is 12.0. The maximum Gasteiger partial charge on any atom is 0.133 e. The number of hydrogen-bond donors (Lipinski definition) is 1. The second-order valence-corrected chi connectivity index (χ2v) is 2.93. The van der Waals surface area contributed by atoms with Crippen molar-refractivity contribution in [2.75, 3.05) is 0 Å². The van der Waals surface area contributed by atoms with Gasteiger partial charge in [-0.1, -0.05) is 18.2 Å². The van der Waals surface area contributed by atoms with Gasteiger partial charge in [-0.15, -0.1) is 0 Å². The molecule has 0 aromatic heterocycles. The molecule has 0 amide bonds. The van der Waals surface area contributed by atoms with Gasteiger partial charge in [-0.05, 0) is 23.4 Å². The Morgan fingerprint density at radius 3 is 2.19 bits per heavy atom. The maximum absolute atomic E-state index is 8.68. The van der Waals surface area contributed by atoms with Crippen molar-refractivity contribution in [2.24, 2.45) is 0 Å². The van der Waals surface area contributed by atoms with E-state index in [4.69, 9.17) is 21.2 Å². The number of rotatable bonds is 1. The van der Waals surface area contributed by atoms with Crippen molar-refractivity contribution in [3.05, 3.63) is 40.5 Å². The molecule has 1 aliphatic carbocycles. The lowest BCUT2D eigenvalue weighted by molar-refractivity contribution is 1.21. The van der Waals surface area contributed by atoms with Crippen molar-refractivity contribution < 1.29 is 0 Å². The van der Waals surface area contributed by atoms with Crippen molar-refractivity contribution >= 4 is 5.87 Å². The van der Waals surface area contributed by atoms with Crippen molar-refractivity contribution in [1.82, 2.24) is 0 Å². The minimum atomic E-state index is 0.0730. The van der Waals surface area contributed by atoms with E-state index in [-0.39, 0.29) is 11.1 Å². The lowest BCUT2D eigenvalue weighted by Gasteiger charge is -2.06. The molecule has 1 rings (SSSR count). The van der Waals surface area contributed by atoms with E-state index >= 15 is 0 Å². The average Bonchev–Trinajstić information content (AvgIpc) is 2.34. The fourth-order valence-corrected chi connectivity index (χ4v) is 1.25. The maximum atomic E-state index is 8.68. The Hall–Kier alpha value is -2.86. The first-order valence-corrected chi connectivity index (χ1v) is 4.38. The van der Waals surface area contributed by atoms with E-state index < -0.39 is 0 Å². The van der Waals surface area contributed by atoms with Crippen LogP contribution in [0, 0.1) is 39.4 Å². The van der Waals surface area contributed by atoms with Crippen LogP contribution in [-0.4, -0.2) is 5.87 Å². The molecular formula is C12H6N4. The highest BCUT2D eigenvalue weighted by Gasteiger charge is 2.09. The molecule has 0 radical (unpaired) electrons. The van der Waals surface area contributed by atoms with Crippen molar-refractivity contribution in [3.63, 3.8) is 0 Å². The molecular weight excluding hydrogens is 200 g/mol. The standard InChI is InChI=1S/C12H6N4/c13-5-11(6-14)9-1-2-10(4-3-9)12(7-15)8-16/h1-3,13H,4H2. The molecule has 0 aromatic rings. The Morgan fingerprint density at radius 1 is 1.12 bits per heavy atom. The number of nitrogens with zero attached hydrogens (tertiary/aromatic N) is 3. The minimum Gasteiger partial charge on any atom is -0.258 e. The second kappa shape index (κ2) is 5.13. The average molecular weight is 206 g/mol. The Balaban J connectivity index is 3.06. The Morgan fingerprint density at radius 2 is 1.81 bits per heavy atom. The lowest BCUT2D eigenvalue weighted by Crippen LogP contribution is -1.93. The summed E-state index contributed by atoms with van der Waals surface area (Å²) >= 11 is 0. The van der Waals surface area contributed by atoms with Crippen LogP contribution in [0.1, 0.15) is 6.42 Å². The van der Waals surface area contributed by atoms with E-state index in [2.05, 4.69) is 0 Å². The van der Waals surface area contributed by atoms with Crippen LogP contribution in [-0.2, 0) is 0 Å². The largest absolute Gasteiger partial charge is 0.258 e. The van der Waals surface area contributed by atoms with E-state index in [0.717, 1.165) is 0 Å². The third kappa shape index (κ3) is 2.14. The Labute approximate surface area is 92.9 Å². The number of nitrogens with one attached hydrogen (secondary N) is 1. The summed E-state index contributed by atoms with van der Waals surface area (Å²) in [6, 6.07) is 5.46. The third-order valence-electron chi connectivity index (χ3n) is 2.08. The van der Waals surface area contributed by atoms with E-state index in [1.54, 1.807) is 18.2 Å². The van der Waals surface area contributed by atoms with Crippen LogP contribution in [0.2, 0.25) is 0 Å². The Bertz CT molecular complexity index is 560. The first-order chi connectivity index (χ1) is 7.76. The van der Waals surface area contributed by atoms with Crippen molar-refractivity contribution in [1.29, 1.82) is 21.2 Å². The molecule has 0 saturated carbocycles. The predicted octanol–water partition coefficient (Wildman–Crippen LogP) is 1.91. The molecule has 0 fully saturated rings. The van der Waals surface area contributed by atoms with Crippen LogP contribution in [0.4, 0.5) is 0 Å².